The average Bonchev–Trinajstić information content (AvgIpc) is 2.38. The maximum atomic E-state index is 11.6. The Hall–Kier alpha value is -1.76. The number of nitrogens with one attached hydrogen (secondary N) is 1. The molecule has 0 bridgehead atoms. The second-order valence-electron chi connectivity index (χ2n) is 5.01. The molecule has 1 aromatic carbocycles. The monoisotopic (exact) mass is 297 g/mol. The van der Waals surface area contributed by atoms with E-state index in [2.05, 4.69) is 5.32 Å². The number of rotatable bonds is 2. The normalized spacial score (nSPS) is 21.5. The number of hydrogen-bond acceptors (Lipinski definition) is 5. The van der Waals surface area contributed by atoms with Crippen LogP contribution in [-0.4, -0.2) is 45.5 Å². The highest BCUT2D eigenvalue weighted by molar-refractivity contribution is 7.91. The molecule has 1 amide bonds. The van der Waals surface area contributed by atoms with Crippen molar-refractivity contribution in [2.45, 2.75) is 13.0 Å². The number of benzene rings is 1. The first-order chi connectivity index (χ1) is 9.34. The van der Waals surface area contributed by atoms with Crippen LogP contribution in [0.1, 0.15) is 17.3 Å². The fourth-order valence-corrected chi connectivity index (χ4v) is 4.01. The third kappa shape index (κ3) is 2.87. The van der Waals surface area contributed by atoms with E-state index in [-0.39, 0.29) is 23.5 Å². The lowest BCUT2D eigenvalue weighted by atomic mass is 10.1. The molecule has 1 unspecified atom stereocenters. The fourth-order valence-electron chi connectivity index (χ4n) is 2.46. The molecular formula is C13H19N3O3S. The van der Waals surface area contributed by atoms with Gasteiger partial charge in [0, 0.05) is 25.2 Å². The van der Waals surface area contributed by atoms with E-state index in [1.54, 1.807) is 25.2 Å². The van der Waals surface area contributed by atoms with Crippen molar-refractivity contribution >= 4 is 27.1 Å². The van der Waals surface area contributed by atoms with Gasteiger partial charge in [-0.05, 0) is 25.1 Å². The largest absolute Gasteiger partial charge is 0.397 e. The molecule has 20 heavy (non-hydrogen) atoms. The first-order valence-electron chi connectivity index (χ1n) is 6.43. The maximum Gasteiger partial charge on any atom is 0.251 e. The molecule has 0 aliphatic carbocycles. The molecule has 1 aliphatic heterocycles. The molecule has 1 aliphatic rings. The van der Waals surface area contributed by atoms with Crippen molar-refractivity contribution in [1.29, 1.82) is 0 Å². The Morgan fingerprint density at radius 2 is 2.15 bits per heavy atom. The van der Waals surface area contributed by atoms with Gasteiger partial charge < -0.3 is 16.0 Å². The third-order valence-electron chi connectivity index (χ3n) is 3.50. The number of amides is 1. The summed E-state index contributed by atoms with van der Waals surface area (Å²) in [7, 11) is -1.40. The number of nitrogen functional groups attached to an aromatic ring is 1. The zero-order valence-corrected chi connectivity index (χ0v) is 12.4. The summed E-state index contributed by atoms with van der Waals surface area (Å²) in [6, 6.07) is 4.96. The van der Waals surface area contributed by atoms with Gasteiger partial charge in [-0.2, -0.15) is 0 Å². The highest BCUT2D eigenvalue weighted by Crippen LogP contribution is 2.28. The van der Waals surface area contributed by atoms with E-state index in [0.29, 0.717) is 17.8 Å². The molecule has 1 fully saturated rings. The first-order valence-corrected chi connectivity index (χ1v) is 8.25. The van der Waals surface area contributed by atoms with Crippen LogP contribution < -0.4 is 16.0 Å². The van der Waals surface area contributed by atoms with Gasteiger partial charge in [0.2, 0.25) is 0 Å². The zero-order chi connectivity index (χ0) is 14.9. The summed E-state index contributed by atoms with van der Waals surface area (Å²) in [5, 5.41) is 2.54. The minimum Gasteiger partial charge on any atom is -0.397 e. The van der Waals surface area contributed by atoms with E-state index >= 15 is 0 Å². The highest BCUT2D eigenvalue weighted by Gasteiger charge is 2.29. The summed E-state index contributed by atoms with van der Waals surface area (Å²) >= 11 is 0. The second-order valence-corrected chi connectivity index (χ2v) is 7.24. The Kier molecular flexibility index (Phi) is 3.89. The molecule has 0 saturated carbocycles. The number of sulfone groups is 1. The number of carbonyl (C=O) groups is 1. The third-order valence-corrected chi connectivity index (χ3v) is 5.29. The molecule has 1 atom stereocenters. The topological polar surface area (TPSA) is 92.5 Å². The molecule has 3 N–H and O–H groups in total. The summed E-state index contributed by atoms with van der Waals surface area (Å²) < 4.78 is 23.2. The summed E-state index contributed by atoms with van der Waals surface area (Å²) in [5.74, 6) is 0.0648. The lowest BCUT2D eigenvalue weighted by molar-refractivity contribution is 0.0963. The van der Waals surface area contributed by atoms with Crippen molar-refractivity contribution in [1.82, 2.24) is 5.32 Å². The Morgan fingerprint density at radius 3 is 2.70 bits per heavy atom. The standard InChI is InChI=1S/C13H19N3O3S/c1-9-8-20(18,19)6-5-16(9)12-4-3-10(7-11(12)14)13(17)15-2/h3-4,7,9H,5-6,8,14H2,1-2H3,(H,15,17). The van der Waals surface area contributed by atoms with Gasteiger partial charge in [-0.3, -0.25) is 4.79 Å². The van der Waals surface area contributed by atoms with Gasteiger partial charge in [-0.25, -0.2) is 8.42 Å². The van der Waals surface area contributed by atoms with Crippen molar-refractivity contribution in [2.24, 2.45) is 0 Å². The fraction of sp³-hybridized carbons (Fsp3) is 0.462. The molecule has 0 aromatic heterocycles. The summed E-state index contributed by atoms with van der Waals surface area (Å²) in [5.41, 5.74) is 7.76. The van der Waals surface area contributed by atoms with Crippen LogP contribution >= 0.6 is 0 Å². The molecule has 110 valence electrons. The van der Waals surface area contributed by atoms with E-state index in [0.717, 1.165) is 5.69 Å². The quantitative estimate of drug-likeness (QED) is 0.764. The molecule has 0 radical (unpaired) electrons. The maximum absolute atomic E-state index is 11.6. The van der Waals surface area contributed by atoms with Crippen molar-refractivity contribution in [3.05, 3.63) is 23.8 Å². The Morgan fingerprint density at radius 1 is 1.45 bits per heavy atom. The van der Waals surface area contributed by atoms with Gasteiger partial charge >= 0.3 is 0 Å². The van der Waals surface area contributed by atoms with Crippen LogP contribution in [0.5, 0.6) is 0 Å². The van der Waals surface area contributed by atoms with Crippen molar-refractivity contribution in [3.63, 3.8) is 0 Å². The summed E-state index contributed by atoms with van der Waals surface area (Å²) in [4.78, 5) is 13.5. The molecule has 0 spiro atoms. The van der Waals surface area contributed by atoms with Crippen molar-refractivity contribution in [2.75, 3.05) is 35.7 Å². The van der Waals surface area contributed by atoms with Gasteiger partial charge in [-0.1, -0.05) is 0 Å². The van der Waals surface area contributed by atoms with E-state index in [9.17, 15) is 13.2 Å². The SMILES string of the molecule is CNC(=O)c1ccc(N2CCS(=O)(=O)CC2C)c(N)c1. The Bertz CT molecular complexity index is 628. The van der Waals surface area contributed by atoms with Gasteiger partial charge in [0.25, 0.3) is 5.91 Å². The van der Waals surface area contributed by atoms with Gasteiger partial charge in [0.15, 0.2) is 9.84 Å². The molecule has 1 saturated heterocycles. The van der Waals surface area contributed by atoms with Crippen LogP contribution in [-0.2, 0) is 9.84 Å². The number of nitrogens with two attached hydrogens (primary N) is 1. The molecule has 2 rings (SSSR count). The number of anilines is 2. The summed E-state index contributed by atoms with van der Waals surface area (Å²) in [6.45, 7) is 2.29. The lowest BCUT2D eigenvalue weighted by Gasteiger charge is -2.35. The second kappa shape index (κ2) is 5.32. The first kappa shape index (κ1) is 14.6. The van der Waals surface area contributed by atoms with Gasteiger partial charge in [-0.15, -0.1) is 0 Å². The van der Waals surface area contributed by atoms with E-state index in [1.165, 1.54) is 0 Å². The van der Waals surface area contributed by atoms with E-state index in [1.807, 2.05) is 11.8 Å². The molecule has 7 heteroatoms. The van der Waals surface area contributed by atoms with Crippen LogP contribution in [0.4, 0.5) is 11.4 Å². The average molecular weight is 297 g/mol. The van der Waals surface area contributed by atoms with Crippen LogP contribution in [0.3, 0.4) is 0 Å². The smallest absolute Gasteiger partial charge is 0.251 e. The number of carbonyl (C=O) groups excluding carboxylic acids is 1. The molecule has 1 aromatic rings. The van der Waals surface area contributed by atoms with Gasteiger partial charge in [0.05, 0.1) is 22.9 Å². The van der Waals surface area contributed by atoms with Crippen LogP contribution in [0.2, 0.25) is 0 Å². The predicted octanol–water partition coefficient (Wildman–Crippen LogP) is 0.252. The predicted molar refractivity (Wildman–Crippen MR) is 79.7 cm³/mol. The van der Waals surface area contributed by atoms with Crippen LogP contribution in [0.15, 0.2) is 18.2 Å². The van der Waals surface area contributed by atoms with Crippen molar-refractivity contribution < 1.29 is 13.2 Å². The summed E-state index contributed by atoms with van der Waals surface area (Å²) in [6.07, 6.45) is 0. The zero-order valence-electron chi connectivity index (χ0n) is 11.6. The minimum absolute atomic E-state index is 0.123. The van der Waals surface area contributed by atoms with Crippen LogP contribution in [0, 0.1) is 0 Å². The minimum atomic E-state index is -2.96. The Balaban J connectivity index is 2.28. The lowest BCUT2D eigenvalue weighted by Crippen LogP contribution is -2.47. The van der Waals surface area contributed by atoms with E-state index < -0.39 is 9.84 Å². The van der Waals surface area contributed by atoms with E-state index in [4.69, 9.17) is 5.73 Å². The molecular weight excluding hydrogens is 278 g/mol. The van der Waals surface area contributed by atoms with Crippen LogP contribution in [0.25, 0.3) is 0 Å². The number of nitrogens with zero attached hydrogens (tertiary/aromatic N) is 1. The van der Waals surface area contributed by atoms with Crippen molar-refractivity contribution in [3.8, 4) is 0 Å². The molecule has 6 nitrogen and oxygen atoms in total. The Labute approximate surface area is 118 Å². The number of hydrogen-bond donors (Lipinski definition) is 2. The molecule has 1 heterocycles. The highest BCUT2D eigenvalue weighted by atomic mass is 32.2. The van der Waals surface area contributed by atoms with Gasteiger partial charge in [0.1, 0.15) is 0 Å².